The van der Waals surface area contributed by atoms with Gasteiger partial charge in [0.2, 0.25) is 0 Å². The molecule has 0 aromatic carbocycles. The zero-order chi connectivity index (χ0) is 15.3. The lowest BCUT2D eigenvalue weighted by molar-refractivity contribution is -0.156. The summed E-state index contributed by atoms with van der Waals surface area (Å²) >= 11 is 0. The minimum Gasteiger partial charge on any atom is -0.512 e. The predicted molar refractivity (Wildman–Crippen MR) is 68.9 cm³/mol. The van der Waals surface area contributed by atoms with E-state index in [4.69, 9.17) is 0 Å². The molecule has 0 aliphatic rings. The molecule has 1 unspecified atom stereocenters. The van der Waals surface area contributed by atoms with Crippen molar-refractivity contribution in [1.29, 1.82) is 0 Å². The Hall–Kier alpha value is -1.00. The summed E-state index contributed by atoms with van der Waals surface area (Å²) in [5.74, 6) is -1.01. The number of allylic oxidation sites excluding steroid dienone is 2. The van der Waals surface area contributed by atoms with Crippen LogP contribution in [-0.2, 0) is 4.79 Å². The van der Waals surface area contributed by atoms with Crippen molar-refractivity contribution in [2.75, 3.05) is 0 Å². The fourth-order valence-corrected chi connectivity index (χ4v) is 1.96. The molecule has 0 saturated carbocycles. The summed E-state index contributed by atoms with van der Waals surface area (Å²) < 4.78 is 37.5. The second kappa shape index (κ2) is 6.96. The topological polar surface area (TPSA) is 37.3 Å². The van der Waals surface area contributed by atoms with Gasteiger partial charge in [-0.2, -0.15) is 13.2 Å². The lowest BCUT2D eigenvalue weighted by Crippen LogP contribution is -2.27. The van der Waals surface area contributed by atoms with E-state index in [0.29, 0.717) is 12.8 Å². The van der Waals surface area contributed by atoms with E-state index >= 15 is 0 Å². The highest BCUT2D eigenvalue weighted by Gasteiger charge is 2.41. The Morgan fingerprint density at radius 3 is 2.00 bits per heavy atom. The van der Waals surface area contributed by atoms with Crippen LogP contribution in [0.15, 0.2) is 11.8 Å². The molecule has 0 spiro atoms. The molecule has 0 bridgehead atoms. The van der Waals surface area contributed by atoms with Crippen molar-refractivity contribution in [2.24, 2.45) is 11.3 Å². The number of aliphatic hydroxyl groups excluding tert-OH is 1. The van der Waals surface area contributed by atoms with Gasteiger partial charge in [-0.1, -0.05) is 27.7 Å². The van der Waals surface area contributed by atoms with E-state index in [9.17, 15) is 23.1 Å². The summed E-state index contributed by atoms with van der Waals surface area (Å²) in [6, 6.07) is 0. The van der Waals surface area contributed by atoms with Gasteiger partial charge < -0.3 is 5.11 Å². The van der Waals surface area contributed by atoms with Crippen LogP contribution in [0.4, 0.5) is 13.2 Å². The van der Waals surface area contributed by atoms with Crippen LogP contribution in [-0.4, -0.2) is 17.1 Å². The number of carbonyl (C=O) groups is 1. The molecule has 0 aliphatic carbocycles. The molecule has 19 heavy (non-hydrogen) atoms. The largest absolute Gasteiger partial charge is 0.512 e. The van der Waals surface area contributed by atoms with E-state index in [0.717, 1.165) is 6.08 Å². The second-order valence-corrected chi connectivity index (χ2v) is 5.15. The Kier molecular flexibility index (Phi) is 6.60. The molecule has 2 nitrogen and oxygen atoms in total. The van der Waals surface area contributed by atoms with Gasteiger partial charge in [-0.3, -0.25) is 4.79 Å². The smallest absolute Gasteiger partial charge is 0.390 e. The Morgan fingerprint density at radius 2 is 1.68 bits per heavy atom. The van der Waals surface area contributed by atoms with Crippen LogP contribution in [0.3, 0.4) is 0 Å². The summed E-state index contributed by atoms with van der Waals surface area (Å²) in [5, 5.41) is 9.88. The third kappa shape index (κ3) is 5.66. The molecule has 1 N–H and O–H groups in total. The van der Waals surface area contributed by atoms with Gasteiger partial charge in [0.05, 0.1) is 6.42 Å². The fourth-order valence-electron chi connectivity index (χ4n) is 1.96. The summed E-state index contributed by atoms with van der Waals surface area (Å²) in [4.78, 5) is 11.8. The highest BCUT2D eigenvalue weighted by Crippen LogP contribution is 2.40. The second-order valence-electron chi connectivity index (χ2n) is 5.15. The molecular formula is C14H23F3O2. The molecule has 0 aromatic rings. The lowest BCUT2D eigenvalue weighted by atomic mass is 9.80. The van der Waals surface area contributed by atoms with Crippen molar-refractivity contribution < 1.29 is 23.1 Å². The SMILES string of the molecule is CCC(CC)C(=O)C=C(O)C(C)(CC)CC(F)(F)F. The minimum atomic E-state index is -4.37. The number of halogens is 3. The van der Waals surface area contributed by atoms with Crippen LogP contribution < -0.4 is 0 Å². The molecule has 0 amide bonds. The molecule has 0 heterocycles. The standard InChI is InChI=1S/C14H23F3O2/c1-5-10(6-2)11(18)8-12(19)13(4,7-3)9-14(15,16)17/h8,10,19H,5-7,9H2,1-4H3. The molecule has 0 aliphatic heterocycles. The lowest BCUT2D eigenvalue weighted by Gasteiger charge is -2.28. The first-order valence-corrected chi connectivity index (χ1v) is 6.61. The zero-order valence-corrected chi connectivity index (χ0v) is 12.0. The van der Waals surface area contributed by atoms with E-state index in [-0.39, 0.29) is 18.1 Å². The summed E-state index contributed by atoms with van der Waals surface area (Å²) in [5.41, 5.74) is -1.43. The van der Waals surface area contributed by atoms with Gasteiger partial charge in [-0.25, -0.2) is 0 Å². The van der Waals surface area contributed by atoms with E-state index in [1.165, 1.54) is 6.92 Å². The maximum Gasteiger partial charge on any atom is 0.390 e. The van der Waals surface area contributed by atoms with Gasteiger partial charge in [-0.15, -0.1) is 0 Å². The average molecular weight is 280 g/mol. The summed E-state index contributed by atoms with van der Waals surface area (Å²) in [7, 11) is 0. The number of hydrogen-bond donors (Lipinski definition) is 1. The Morgan fingerprint density at radius 1 is 1.21 bits per heavy atom. The van der Waals surface area contributed by atoms with Gasteiger partial charge in [0.1, 0.15) is 5.76 Å². The molecule has 0 aromatic heterocycles. The first-order chi connectivity index (χ1) is 8.59. The Balaban J connectivity index is 5.12. The highest BCUT2D eigenvalue weighted by atomic mass is 19.4. The van der Waals surface area contributed by atoms with E-state index in [1.807, 2.05) is 13.8 Å². The molecule has 5 heteroatoms. The molecule has 0 radical (unpaired) electrons. The quantitative estimate of drug-likeness (QED) is 0.537. The van der Waals surface area contributed by atoms with Crippen LogP contribution >= 0.6 is 0 Å². The van der Waals surface area contributed by atoms with E-state index in [1.54, 1.807) is 6.92 Å². The number of rotatable bonds is 7. The van der Waals surface area contributed by atoms with Crippen molar-refractivity contribution in [2.45, 2.75) is 59.6 Å². The normalized spacial score (nSPS) is 16.5. The summed E-state index contributed by atoms with van der Waals surface area (Å²) in [6.07, 6.45) is -3.18. The monoisotopic (exact) mass is 280 g/mol. The zero-order valence-electron chi connectivity index (χ0n) is 12.0. The van der Waals surface area contributed by atoms with Gasteiger partial charge in [0.15, 0.2) is 5.78 Å². The Labute approximate surface area is 112 Å². The molecule has 1 atom stereocenters. The average Bonchev–Trinajstić information content (AvgIpc) is 2.28. The van der Waals surface area contributed by atoms with Crippen LogP contribution in [0.2, 0.25) is 0 Å². The first kappa shape index (κ1) is 18.0. The van der Waals surface area contributed by atoms with Crippen LogP contribution in [0.1, 0.15) is 53.4 Å². The van der Waals surface area contributed by atoms with Crippen LogP contribution in [0, 0.1) is 11.3 Å². The number of aliphatic hydroxyl groups is 1. The van der Waals surface area contributed by atoms with E-state index < -0.39 is 23.8 Å². The van der Waals surface area contributed by atoms with Crippen LogP contribution in [0.5, 0.6) is 0 Å². The van der Waals surface area contributed by atoms with Crippen molar-refractivity contribution >= 4 is 5.78 Å². The predicted octanol–water partition coefficient (Wildman–Crippen LogP) is 4.80. The minimum absolute atomic E-state index is 0.116. The van der Waals surface area contributed by atoms with Crippen molar-refractivity contribution in [3.63, 3.8) is 0 Å². The summed E-state index contributed by atoms with van der Waals surface area (Å²) in [6.45, 7) is 6.57. The number of hydrogen-bond acceptors (Lipinski definition) is 2. The van der Waals surface area contributed by atoms with Gasteiger partial charge >= 0.3 is 6.18 Å². The maximum absolute atomic E-state index is 12.5. The maximum atomic E-state index is 12.5. The highest BCUT2D eigenvalue weighted by molar-refractivity contribution is 5.92. The first-order valence-electron chi connectivity index (χ1n) is 6.61. The van der Waals surface area contributed by atoms with Gasteiger partial charge in [-0.05, 0) is 19.3 Å². The molecular weight excluding hydrogens is 257 g/mol. The molecule has 0 rings (SSSR count). The van der Waals surface area contributed by atoms with Crippen molar-refractivity contribution in [3.05, 3.63) is 11.8 Å². The number of ketones is 1. The van der Waals surface area contributed by atoms with Crippen molar-refractivity contribution in [3.8, 4) is 0 Å². The van der Waals surface area contributed by atoms with Gasteiger partial charge in [0, 0.05) is 17.4 Å². The number of alkyl halides is 3. The third-order valence-electron chi connectivity index (χ3n) is 3.66. The number of carbonyl (C=O) groups excluding carboxylic acids is 1. The third-order valence-corrected chi connectivity index (χ3v) is 3.66. The van der Waals surface area contributed by atoms with Crippen molar-refractivity contribution in [1.82, 2.24) is 0 Å². The molecule has 0 fully saturated rings. The Bertz CT molecular complexity index is 330. The molecule has 0 saturated heterocycles. The van der Waals surface area contributed by atoms with Gasteiger partial charge in [0.25, 0.3) is 0 Å². The fraction of sp³-hybridized carbons (Fsp3) is 0.786. The van der Waals surface area contributed by atoms with E-state index in [2.05, 4.69) is 0 Å². The van der Waals surface area contributed by atoms with Crippen LogP contribution in [0.25, 0.3) is 0 Å². The molecule has 112 valence electrons.